The second-order valence-corrected chi connectivity index (χ2v) is 5.32. The van der Waals surface area contributed by atoms with Crippen LogP contribution in [0.25, 0.3) is 0 Å². The highest BCUT2D eigenvalue weighted by Crippen LogP contribution is 2.02. The number of carbonyl (C=O) groups excluding carboxylic acids is 1. The van der Waals surface area contributed by atoms with Gasteiger partial charge in [0.2, 0.25) is 0 Å². The number of hydrogen-bond acceptors (Lipinski definition) is 3. The molecule has 0 aromatic rings. The minimum Gasteiger partial charge on any atom is -0.480 e. The summed E-state index contributed by atoms with van der Waals surface area (Å²) in [5.41, 5.74) is 0. The molecular formula is C12H24N2O3S. The largest absolute Gasteiger partial charge is 0.480 e. The number of carboxylic acid groups (broad SMARTS) is 1. The monoisotopic (exact) mass is 276 g/mol. The van der Waals surface area contributed by atoms with E-state index in [1.54, 1.807) is 11.8 Å². The summed E-state index contributed by atoms with van der Waals surface area (Å²) in [4.78, 5) is 22.5. The molecule has 0 spiro atoms. The Labute approximate surface area is 113 Å². The highest BCUT2D eigenvalue weighted by atomic mass is 32.2. The fourth-order valence-electron chi connectivity index (χ4n) is 1.50. The van der Waals surface area contributed by atoms with Crippen molar-refractivity contribution < 1.29 is 14.7 Å². The van der Waals surface area contributed by atoms with Gasteiger partial charge in [-0.15, -0.1) is 0 Å². The van der Waals surface area contributed by atoms with Crippen LogP contribution >= 0.6 is 11.8 Å². The quantitative estimate of drug-likeness (QED) is 0.602. The van der Waals surface area contributed by atoms with E-state index in [2.05, 4.69) is 17.6 Å². The molecule has 3 N–H and O–H groups in total. The molecule has 0 heterocycles. The van der Waals surface area contributed by atoms with E-state index in [9.17, 15) is 9.59 Å². The first-order chi connectivity index (χ1) is 8.51. The van der Waals surface area contributed by atoms with Crippen molar-refractivity contribution in [2.45, 2.75) is 51.6 Å². The van der Waals surface area contributed by atoms with Gasteiger partial charge in [0.1, 0.15) is 6.04 Å². The number of amides is 2. The minimum atomic E-state index is -0.986. The third-order valence-corrected chi connectivity index (χ3v) is 3.23. The number of aliphatic carboxylic acids is 1. The maximum absolute atomic E-state index is 11.6. The lowest BCUT2D eigenvalue weighted by Crippen LogP contribution is -2.48. The highest BCUT2D eigenvalue weighted by molar-refractivity contribution is 7.98. The molecule has 2 unspecified atom stereocenters. The Morgan fingerprint density at radius 1 is 1.28 bits per heavy atom. The summed E-state index contributed by atoms with van der Waals surface area (Å²) in [6, 6.07) is -1.14. The summed E-state index contributed by atoms with van der Waals surface area (Å²) in [6.07, 6.45) is 5.39. The van der Waals surface area contributed by atoms with Crippen molar-refractivity contribution in [3.8, 4) is 0 Å². The van der Waals surface area contributed by atoms with Crippen LogP contribution in [0.15, 0.2) is 0 Å². The molecule has 0 fully saturated rings. The molecule has 6 heteroatoms. The molecule has 0 aromatic carbocycles. The zero-order chi connectivity index (χ0) is 14.0. The van der Waals surface area contributed by atoms with Crippen molar-refractivity contribution >= 4 is 23.8 Å². The Morgan fingerprint density at radius 3 is 2.44 bits per heavy atom. The molecule has 106 valence electrons. The Bertz CT molecular complexity index is 262. The fraction of sp³-hybridized carbons (Fsp3) is 0.833. The van der Waals surface area contributed by atoms with Crippen LogP contribution in [0.1, 0.15) is 39.5 Å². The van der Waals surface area contributed by atoms with Gasteiger partial charge in [-0.1, -0.05) is 19.8 Å². The standard InChI is InChI=1S/C12H24N2O3S/c1-4-5-6-9(2)13-12(17)14-10(11(15)16)7-8-18-3/h9-10H,4-8H2,1-3H3,(H,15,16)(H2,13,14,17). The van der Waals surface area contributed by atoms with Gasteiger partial charge in [-0.2, -0.15) is 11.8 Å². The van der Waals surface area contributed by atoms with Gasteiger partial charge in [0, 0.05) is 6.04 Å². The molecule has 0 rings (SSSR count). The molecule has 5 nitrogen and oxygen atoms in total. The zero-order valence-electron chi connectivity index (χ0n) is 11.4. The Morgan fingerprint density at radius 2 is 1.94 bits per heavy atom. The van der Waals surface area contributed by atoms with Crippen LogP contribution in [0, 0.1) is 0 Å². The highest BCUT2D eigenvalue weighted by Gasteiger charge is 2.19. The molecule has 18 heavy (non-hydrogen) atoms. The summed E-state index contributed by atoms with van der Waals surface area (Å²) >= 11 is 1.56. The Hall–Kier alpha value is -0.910. The smallest absolute Gasteiger partial charge is 0.326 e. The first-order valence-corrected chi connectivity index (χ1v) is 7.69. The summed E-state index contributed by atoms with van der Waals surface area (Å²) < 4.78 is 0. The van der Waals surface area contributed by atoms with E-state index >= 15 is 0 Å². The van der Waals surface area contributed by atoms with Crippen molar-refractivity contribution in [3.63, 3.8) is 0 Å². The van der Waals surface area contributed by atoms with Gasteiger partial charge < -0.3 is 15.7 Å². The normalized spacial score (nSPS) is 13.7. The van der Waals surface area contributed by atoms with Crippen LogP contribution in [-0.2, 0) is 4.79 Å². The lowest BCUT2D eigenvalue weighted by atomic mass is 10.1. The van der Waals surface area contributed by atoms with Crippen LogP contribution in [0.4, 0.5) is 4.79 Å². The molecule has 0 radical (unpaired) electrons. The number of rotatable bonds is 9. The first kappa shape index (κ1) is 17.1. The van der Waals surface area contributed by atoms with Gasteiger partial charge in [0.15, 0.2) is 0 Å². The lowest BCUT2D eigenvalue weighted by Gasteiger charge is -2.18. The summed E-state index contributed by atoms with van der Waals surface area (Å²) in [5.74, 6) is -0.275. The molecule has 2 amide bonds. The van der Waals surface area contributed by atoms with Crippen LogP contribution in [0.3, 0.4) is 0 Å². The zero-order valence-corrected chi connectivity index (χ0v) is 12.2. The maximum atomic E-state index is 11.6. The third-order valence-electron chi connectivity index (χ3n) is 2.58. The Balaban J connectivity index is 4.04. The molecule has 0 aliphatic heterocycles. The summed E-state index contributed by atoms with van der Waals surface area (Å²) in [5, 5.41) is 14.2. The van der Waals surface area contributed by atoms with Crippen LogP contribution < -0.4 is 10.6 Å². The average molecular weight is 276 g/mol. The van der Waals surface area contributed by atoms with Crippen LogP contribution in [0.5, 0.6) is 0 Å². The maximum Gasteiger partial charge on any atom is 0.326 e. The minimum absolute atomic E-state index is 0.0694. The van der Waals surface area contributed by atoms with E-state index in [0.29, 0.717) is 12.2 Å². The molecule has 0 aliphatic rings. The number of thioether (sulfide) groups is 1. The molecule has 0 aliphatic carbocycles. The van der Waals surface area contributed by atoms with E-state index in [4.69, 9.17) is 5.11 Å². The number of carbonyl (C=O) groups is 2. The Kier molecular flexibility index (Phi) is 9.55. The van der Waals surface area contributed by atoms with Gasteiger partial charge in [0.25, 0.3) is 0 Å². The molecule has 0 saturated heterocycles. The fourth-order valence-corrected chi connectivity index (χ4v) is 1.97. The van der Waals surface area contributed by atoms with E-state index in [-0.39, 0.29) is 6.04 Å². The summed E-state index contributed by atoms with van der Waals surface area (Å²) in [7, 11) is 0. The van der Waals surface area contributed by atoms with E-state index < -0.39 is 18.0 Å². The van der Waals surface area contributed by atoms with E-state index in [1.165, 1.54) is 0 Å². The first-order valence-electron chi connectivity index (χ1n) is 6.30. The predicted molar refractivity (Wildman–Crippen MR) is 75.1 cm³/mol. The molecule has 0 saturated carbocycles. The number of urea groups is 1. The van der Waals surface area contributed by atoms with Gasteiger partial charge in [0.05, 0.1) is 0 Å². The average Bonchev–Trinajstić information content (AvgIpc) is 2.31. The SMILES string of the molecule is CCCCC(C)NC(=O)NC(CCSC)C(=O)O. The predicted octanol–water partition coefficient (Wildman–Crippen LogP) is 2.07. The number of nitrogens with one attached hydrogen (secondary N) is 2. The molecule has 0 aromatic heterocycles. The third kappa shape index (κ3) is 8.22. The van der Waals surface area contributed by atoms with E-state index in [1.807, 2.05) is 13.2 Å². The number of carboxylic acids is 1. The molecule has 0 bridgehead atoms. The molecule has 2 atom stereocenters. The van der Waals surface area contributed by atoms with Crippen molar-refractivity contribution in [3.05, 3.63) is 0 Å². The van der Waals surface area contributed by atoms with Gasteiger partial charge in [-0.25, -0.2) is 9.59 Å². The van der Waals surface area contributed by atoms with Crippen LogP contribution in [0.2, 0.25) is 0 Å². The van der Waals surface area contributed by atoms with Crippen molar-refractivity contribution in [1.82, 2.24) is 10.6 Å². The second kappa shape index (κ2) is 10.1. The van der Waals surface area contributed by atoms with Gasteiger partial charge in [-0.05, 0) is 31.8 Å². The van der Waals surface area contributed by atoms with Crippen molar-refractivity contribution in [2.75, 3.05) is 12.0 Å². The summed E-state index contributed by atoms with van der Waals surface area (Å²) in [6.45, 7) is 4.02. The second-order valence-electron chi connectivity index (χ2n) is 4.33. The van der Waals surface area contributed by atoms with Gasteiger partial charge in [-0.3, -0.25) is 0 Å². The van der Waals surface area contributed by atoms with Crippen LogP contribution in [-0.4, -0.2) is 41.2 Å². The number of unbranched alkanes of at least 4 members (excludes halogenated alkanes) is 1. The van der Waals surface area contributed by atoms with E-state index in [0.717, 1.165) is 19.3 Å². The lowest BCUT2D eigenvalue weighted by molar-refractivity contribution is -0.139. The molecular weight excluding hydrogens is 252 g/mol. The topological polar surface area (TPSA) is 78.4 Å². The number of hydrogen-bond donors (Lipinski definition) is 3. The van der Waals surface area contributed by atoms with Crippen molar-refractivity contribution in [1.29, 1.82) is 0 Å². The van der Waals surface area contributed by atoms with Gasteiger partial charge >= 0.3 is 12.0 Å². The van der Waals surface area contributed by atoms with Crippen molar-refractivity contribution in [2.24, 2.45) is 0 Å².